The first kappa shape index (κ1) is 15.6. The van der Waals surface area contributed by atoms with Crippen LogP contribution in [0.5, 0.6) is 5.75 Å². The summed E-state index contributed by atoms with van der Waals surface area (Å²) in [4.78, 5) is 0. The number of ether oxygens (including phenoxy) is 1. The van der Waals surface area contributed by atoms with Crippen molar-refractivity contribution >= 4 is 0 Å². The number of benzene rings is 1. The van der Waals surface area contributed by atoms with Crippen LogP contribution in [0.4, 0.5) is 0 Å². The van der Waals surface area contributed by atoms with Gasteiger partial charge in [-0.15, -0.1) is 0 Å². The molecule has 2 rings (SSSR count). The van der Waals surface area contributed by atoms with E-state index in [1.165, 1.54) is 16.7 Å². The van der Waals surface area contributed by atoms with Gasteiger partial charge in [-0.1, -0.05) is 24.6 Å². The van der Waals surface area contributed by atoms with E-state index >= 15 is 0 Å². The normalized spacial score (nSPS) is 12.4. The Balaban J connectivity index is 2.32. The second-order valence-electron chi connectivity index (χ2n) is 5.50. The van der Waals surface area contributed by atoms with E-state index in [1.807, 2.05) is 19.9 Å². The summed E-state index contributed by atoms with van der Waals surface area (Å²) in [5.41, 5.74) is 3.71. The summed E-state index contributed by atoms with van der Waals surface area (Å²) < 4.78 is 11.2. The summed E-state index contributed by atoms with van der Waals surface area (Å²) in [5, 5.41) is 3.56. The fourth-order valence-corrected chi connectivity index (χ4v) is 2.82. The van der Waals surface area contributed by atoms with Crippen molar-refractivity contribution in [1.29, 1.82) is 0 Å². The molecule has 0 radical (unpaired) electrons. The van der Waals surface area contributed by atoms with Gasteiger partial charge in [0.15, 0.2) is 0 Å². The van der Waals surface area contributed by atoms with E-state index in [4.69, 9.17) is 9.15 Å². The van der Waals surface area contributed by atoms with E-state index in [2.05, 4.69) is 37.4 Å². The molecule has 0 aliphatic carbocycles. The van der Waals surface area contributed by atoms with Crippen LogP contribution in [-0.4, -0.2) is 13.7 Å². The highest BCUT2D eigenvalue weighted by molar-refractivity contribution is 5.39. The molecule has 0 spiro atoms. The zero-order chi connectivity index (χ0) is 15.4. The minimum atomic E-state index is 0.239. The van der Waals surface area contributed by atoms with Gasteiger partial charge in [0, 0.05) is 11.6 Å². The summed E-state index contributed by atoms with van der Waals surface area (Å²) in [6.45, 7) is 9.18. The maximum absolute atomic E-state index is 5.69. The standard InChI is InChI=1S/C18H25NO2/c1-6-19-17(16-10-13(3)21-14(16)4)11-15-9-12(2)7-8-18(15)20-5/h7-10,17,19H,6,11H2,1-5H3. The minimum absolute atomic E-state index is 0.239. The Morgan fingerprint density at radius 1 is 1.19 bits per heavy atom. The molecule has 0 saturated carbocycles. The van der Waals surface area contributed by atoms with Crippen molar-refractivity contribution in [3.8, 4) is 5.75 Å². The van der Waals surface area contributed by atoms with Crippen LogP contribution in [0.1, 0.15) is 41.2 Å². The number of aryl methyl sites for hydroxylation is 3. The number of hydrogen-bond donors (Lipinski definition) is 1. The first-order valence-corrected chi connectivity index (χ1v) is 7.49. The molecule has 3 nitrogen and oxygen atoms in total. The third kappa shape index (κ3) is 3.67. The topological polar surface area (TPSA) is 34.4 Å². The third-order valence-corrected chi connectivity index (χ3v) is 3.77. The molecule has 3 heteroatoms. The van der Waals surface area contributed by atoms with Crippen LogP contribution in [0, 0.1) is 20.8 Å². The molecule has 2 aromatic rings. The Labute approximate surface area is 127 Å². The molecule has 1 aromatic heterocycles. The molecular formula is C18H25NO2. The van der Waals surface area contributed by atoms with E-state index in [-0.39, 0.29) is 6.04 Å². The summed E-state index contributed by atoms with van der Waals surface area (Å²) >= 11 is 0. The Hall–Kier alpha value is -1.74. The van der Waals surface area contributed by atoms with Crippen LogP contribution in [0.2, 0.25) is 0 Å². The van der Waals surface area contributed by atoms with Crippen LogP contribution in [0.25, 0.3) is 0 Å². The van der Waals surface area contributed by atoms with Gasteiger partial charge < -0.3 is 14.5 Å². The third-order valence-electron chi connectivity index (χ3n) is 3.77. The first-order chi connectivity index (χ1) is 10.0. The van der Waals surface area contributed by atoms with Crippen LogP contribution in [0.3, 0.4) is 0 Å². The van der Waals surface area contributed by atoms with Gasteiger partial charge in [-0.05, 0) is 51.4 Å². The average Bonchev–Trinajstić information content (AvgIpc) is 2.77. The smallest absolute Gasteiger partial charge is 0.122 e. The maximum Gasteiger partial charge on any atom is 0.122 e. The number of furan rings is 1. The lowest BCUT2D eigenvalue weighted by molar-refractivity contribution is 0.405. The lowest BCUT2D eigenvalue weighted by Gasteiger charge is -2.19. The van der Waals surface area contributed by atoms with Crippen molar-refractivity contribution in [3.05, 3.63) is 52.5 Å². The van der Waals surface area contributed by atoms with E-state index < -0.39 is 0 Å². The Kier molecular flexibility index (Phi) is 5.07. The molecular weight excluding hydrogens is 262 g/mol. The van der Waals surface area contributed by atoms with Crippen LogP contribution >= 0.6 is 0 Å². The predicted molar refractivity (Wildman–Crippen MR) is 86.0 cm³/mol. The molecule has 1 atom stereocenters. The lowest BCUT2D eigenvalue weighted by atomic mass is 9.97. The summed E-state index contributed by atoms with van der Waals surface area (Å²) in [5.74, 6) is 2.90. The molecule has 1 unspecified atom stereocenters. The van der Waals surface area contributed by atoms with Gasteiger partial charge in [0.25, 0.3) is 0 Å². The van der Waals surface area contributed by atoms with Gasteiger partial charge in [0.2, 0.25) is 0 Å². The fourth-order valence-electron chi connectivity index (χ4n) is 2.82. The molecule has 0 fully saturated rings. The van der Waals surface area contributed by atoms with Gasteiger partial charge in [-0.2, -0.15) is 0 Å². The van der Waals surface area contributed by atoms with Gasteiger partial charge in [-0.25, -0.2) is 0 Å². The quantitative estimate of drug-likeness (QED) is 0.868. The summed E-state index contributed by atoms with van der Waals surface area (Å²) in [6, 6.07) is 8.69. The molecule has 21 heavy (non-hydrogen) atoms. The zero-order valence-corrected chi connectivity index (χ0v) is 13.6. The largest absolute Gasteiger partial charge is 0.496 e. The number of rotatable bonds is 6. The summed E-state index contributed by atoms with van der Waals surface area (Å²) in [7, 11) is 1.73. The van der Waals surface area contributed by atoms with E-state index in [1.54, 1.807) is 7.11 Å². The highest BCUT2D eigenvalue weighted by Crippen LogP contribution is 2.29. The Morgan fingerprint density at radius 2 is 1.95 bits per heavy atom. The molecule has 114 valence electrons. The van der Waals surface area contributed by atoms with E-state index in [9.17, 15) is 0 Å². The predicted octanol–water partition coefficient (Wildman–Crippen LogP) is 4.11. The molecule has 1 heterocycles. The van der Waals surface area contributed by atoms with Crippen LogP contribution in [0.15, 0.2) is 28.7 Å². The van der Waals surface area contributed by atoms with E-state index in [0.717, 1.165) is 30.2 Å². The molecule has 0 aliphatic heterocycles. The summed E-state index contributed by atoms with van der Waals surface area (Å²) in [6.07, 6.45) is 0.887. The van der Waals surface area contributed by atoms with E-state index in [0.29, 0.717) is 0 Å². The van der Waals surface area contributed by atoms with Crippen LogP contribution < -0.4 is 10.1 Å². The number of likely N-dealkylation sites (N-methyl/N-ethyl adjacent to an activating group) is 1. The van der Waals surface area contributed by atoms with Crippen molar-refractivity contribution in [2.45, 2.75) is 40.2 Å². The molecule has 1 aromatic carbocycles. The maximum atomic E-state index is 5.69. The van der Waals surface area contributed by atoms with Crippen LogP contribution in [-0.2, 0) is 6.42 Å². The van der Waals surface area contributed by atoms with Gasteiger partial charge in [-0.3, -0.25) is 0 Å². The van der Waals surface area contributed by atoms with Gasteiger partial charge in [0.05, 0.1) is 7.11 Å². The molecule has 0 saturated heterocycles. The average molecular weight is 287 g/mol. The Morgan fingerprint density at radius 3 is 2.52 bits per heavy atom. The minimum Gasteiger partial charge on any atom is -0.496 e. The highest BCUT2D eigenvalue weighted by atomic mass is 16.5. The number of hydrogen-bond acceptors (Lipinski definition) is 3. The van der Waals surface area contributed by atoms with Crippen molar-refractivity contribution < 1.29 is 9.15 Å². The number of nitrogens with one attached hydrogen (secondary N) is 1. The fraction of sp³-hybridized carbons (Fsp3) is 0.444. The van der Waals surface area contributed by atoms with Crippen molar-refractivity contribution in [2.75, 3.05) is 13.7 Å². The highest BCUT2D eigenvalue weighted by Gasteiger charge is 2.18. The van der Waals surface area contributed by atoms with Crippen molar-refractivity contribution in [1.82, 2.24) is 5.32 Å². The number of methoxy groups -OCH3 is 1. The monoisotopic (exact) mass is 287 g/mol. The molecule has 0 aliphatic rings. The second-order valence-corrected chi connectivity index (χ2v) is 5.50. The SMILES string of the molecule is CCNC(Cc1cc(C)ccc1OC)c1cc(C)oc1C. The van der Waals surface area contributed by atoms with Crippen molar-refractivity contribution in [2.24, 2.45) is 0 Å². The molecule has 0 amide bonds. The second kappa shape index (κ2) is 6.81. The molecule has 1 N–H and O–H groups in total. The molecule has 0 bridgehead atoms. The van der Waals surface area contributed by atoms with Gasteiger partial charge in [0.1, 0.15) is 17.3 Å². The first-order valence-electron chi connectivity index (χ1n) is 7.49. The zero-order valence-electron chi connectivity index (χ0n) is 13.6. The lowest BCUT2D eigenvalue weighted by Crippen LogP contribution is -2.23. The Bertz CT molecular complexity index is 601. The van der Waals surface area contributed by atoms with Crippen molar-refractivity contribution in [3.63, 3.8) is 0 Å². The van der Waals surface area contributed by atoms with Gasteiger partial charge >= 0.3 is 0 Å².